The summed E-state index contributed by atoms with van der Waals surface area (Å²) >= 11 is 0. The van der Waals surface area contributed by atoms with Crippen molar-refractivity contribution in [3.63, 3.8) is 0 Å². The SMILES string of the molecule is CCOc1ccc(N(CCCC(=O)NC2CC3CCC2C3)S(C)(=O)=O)cc1. The number of ether oxygens (including phenoxy) is 1. The molecule has 7 heteroatoms. The van der Waals surface area contributed by atoms with Gasteiger partial charge in [-0.2, -0.15) is 0 Å². The van der Waals surface area contributed by atoms with Crippen molar-refractivity contribution in [3.05, 3.63) is 24.3 Å². The molecule has 3 rings (SSSR count). The highest BCUT2D eigenvalue weighted by Crippen LogP contribution is 2.44. The Morgan fingerprint density at radius 3 is 2.52 bits per heavy atom. The second-order valence-electron chi connectivity index (χ2n) is 7.71. The second-order valence-corrected chi connectivity index (χ2v) is 9.62. The van der Waals surface area contributed by atoms with Crippen molar-refractivity contribution < 1.29 is 17.9 Å². The summed E-state index contributed by atoms with van der Waals surface area (Å²) in [5.74, 6) is 2.18. The second kappa shape index (κ2) is 8.50. The number of hydrogen-bond acceptors (Lipinski definition) is 4. The standard InChI is InChI=1S/C20H30N2O4S/c1-3-26-18-10-8-17(9-11-18)22(27(2,24)25)12-4-5-20(23)21-19-14-15-6-7-16(19)13-15/h8-11,15-16,19H,3-7,12-14H2,1-2H3,(H,21,23). The van der Waals surface area contributed by atoms with E-state index in [0.29, 0.717) is 42.8 Å². The van der Waals surface area contributed by atoms with E-state index in [1.54, 1.807) is 24.3 Å². The van der Waals surface area contributed by atoms with Crippen LogP contribution in [0.25, 0.3) is 0 Å². The van der Waals surface area contributed by atoms with E-state index in [9.17, 15) is 13.2 Å². The van der Waals surface area contributed by atoms with Crippen molar-refractivity contribution in [2.24, 2.45) is 11.8 Å². The quantitative estimate of drug-likeness (QED) is 0.699. The Bertz CT molecular complexity index is 748. The van der Waals surface area contributed by atoms with E-state index in [2.05, 4.69) is 5.32 Å². The van der Waals surface area contributed by atoms with Gasteiger partial charge < -0.3 is 10.1 Å². The zero-order valence-corrected chi connectivity index (χ0v) is 17.0. The molecular formula is C20H30N2O4S. The Kier molecular flexibility index (Phi) is 6.29. The van der Waals surface area contributed by atoms with Gasteiger partial charge in [-0.25, -0.2) is 8.42 Å². The number of sulfonamides is 1. The molecule has 27 heavy (non-hydrogen) atoms. The van der Waals surface area contributed by atoms with E-state index in [1.165, 1.54) is 29.8 Å². The third kappa shape index (κ3) is 5.15. The summed E-state index contributed by atoms with van der Waals surface area (Å²) in [5.41, 5.74) is 0.592. The van der Waals surface area contributed by atoms with Gasteiger partial charge in [0.2, 0.25) is 15.9 Å². The third-order valence-corrected chi connectivity index (χ3v) is 6.88. The summed E-state index contributed by atoms with van der Waals surface area (Å²) in [5, 5.41) is 3.16. The summed E-state index contributed by atoms with van der Waals surface area (Å²) in [6.07, 6.45) is 6.93. The highest BCUT2D eigenvalue weighted by Gasteiger charge is 2.39. The number of benzene rings is 1. The molecule has 0 aliphatic heterocycles. The van der Waals surface area contributed by atoms with Crippen LogP contribution in [0.5, 0.6) is 5.75 Å². The van der Waals surface area contributed by atoms with E-state index in [-0.39, 0.29) is 12.5 Å². The highest BCUT2D eigenvalue weighted by molar-refractivity contribution is 7.92. The maximum atomic E-state index is 12.3. The molecule has 0 aromatic heterocycles. The van der Waals surface area contributed by atoms with Crippen LogP contribution in [0.15, 0.2) is 24.3 Å². The maximum Gasteiger partial charge on any atom is 0.232 e. The zero-order chi connectivity index (χ0) is 19.4. The number of fused-ring (bicyclic) bond motifs is 2. The summed E-state index contributed by atoms with van der Waals surface area (Å²) < 4.78 is 31.1. The molecule has 2 aliphatic rings. The molecule has 2 bridgehead atoms. The topological polar surface area (TPSA) is 75.7 Å². The van der Waals surface area contributed by atoms with Crippen LogP contribution in [0.2, 0.25) is 0 Å². The first-order valence-corrected chi connectivity index (χ1v) is 11.7. The molecule has 1 N–H and O–H groups in total. The molecule has 150 valence electrons. The third-order valence-electron chi connectivity index (χ3n) is 5.69. The number of carbonyl (C=O) groups excluding carboxylic acids is 1. The number of amides is 1. The van der Waals surface area contributed by atoms with Gasteiger partial charge in [0.15, 0.2) is 0 Å². The van der Waals surface area contributed by atoms with Gasteiger partial charge in [-0.3, -0.25) is 9.10 Å². The molecule has 0 heterocycles. The molecule has 3 unspecified atom stereocenters. The number of nitrogens with one attached hydrogen (secondary N) is 1. The predicted octanol–water partition coefficient (Wildman–Crippen LogP) is 2.94. The van der Waals surface area contributed by atoms with Crippen LogP contribution in [0.1, 0.15) is 45.4 Å². The first kappa shape index (κ1) is 20.0. The van der Waals surface area contributed by atoms with Gasteiger partial charge in [-0.05, 0) is 68.7 Å². The maximum absolute atomic E-state index is 12.3. The zero-order valence-electron chi connectivity index (χ0n) is 16.2. The minimum atomic E-state index is -3.41. The Morgan fingerprint density at radius 1 is 1.22 bits per heavy atom. The van der Waals surface area contributed by atoms with Gasteiger partial charge in [0.25, 0.3) is 0 Å². The highest BCUT2D eigenvalue weighted by atomic mass is 32.2. The van der Waals surface area contributed by atoms with Crippen LogP contribution in [-0.2, 0) is 14.8 Å². The van der Waals surface area contributed by atoms with E-state index in [1.807, 2.05) is 6.92 Å². The fourth-order valence-electron chi connectivity index (χ4n) is 4.45. The molecule has 1 amide bonds. The molecular weight excluding hydrogens is 364 g/mol. The minimum Gasteiger partial charge on any atom is -0.494 e. The van der Waals surface area contributed by atoms with Gasteiger partial charge in [0.1, 0.15) is 5.75 Å². The first-order chi connectivity index (χ1) is 12.9. The molecule has 3 atom stereocenters. The number of hydrogen-bond donors (Lipinski definition) is 1. The first-order valence-electron chi connectivity index (χ1n) is 9.86. The largest absolute Gasteiger partial charge is 0.494 e. The van der Waals surface area contributed by atoms with Gasteiger partial charge >= 0.3 is 0 Å². The van der Waals surface area contributed by atoms with Crippen LogP contribution in [0, 0.1) is 11.8 Å². The lowest BCUT2D eigenvalue weighted by atomic mass is 9.95. The van der Waals surface area contributed by atoms with Crippen molar-refractivity contribution in [3.8, 4) is 5.75 Å². The normalized spacial score (nSPS) is 24.0. The number of rotatable bonds is 9. The average Bonchev–Trinajstić information content (AvgIpc) is 3.22. The number of nitrogens with zero attached hydrogens (tertiary/aromatic N) is 1. The molecule has 0 saturated heterocycles. The van der Waals surface area contributed by atoms with Gasteiger partial charge in [0.05, 0.1) is 18.6 Å². The van der Waals surface area contributed by atoms with Crippen LogP contribution < -0.4 is 14.4 Å². The van der Waals surface area contributed by atoms with Crippen molar-refractivity contribution >= 4 is 21.6 Å². The molecule has 1 aromatic rings. The van der Waals surface area contributed by atoms with E-state index < -0.39 is 10.0 Å². The van der Waals surface area contributed by atoms with Gasteiger partial charge in [-0.15, -0.1) is 0 Å². The van der Waals surface area contributed by atoms with Gasteiger partial charge in [-0.1, -0.05) is 6.42 Å². The van der Waals surface area contributed by atoms with E-state index >= 15 is 0 Å². The van der Waals surface area contributed by atoms with E-state index in [4.69, 9.17) is 4.74 Å². The van der Waals surface area contributed by atoms with Crippen molar-refractivity contribution in [2.75, 3.05) is 23.7 Å². The molecule has 2 fully saturated rings. The molecule has 2 saturated carbocycles. The van der Waals surface area contributed by atoms with Gasteiger partial charge in [0, 0.05) is 19.0 Å². The summed E-state index contributed by atoms with van der Waals surface area (Å²) in [7, 11) is -3.41. The van der Waals surface area contributed by atoms with Crippen LogP contribution in [-0.4, -0.2) is 39.8 Å². The summed E-state index contributed by atoms with van der Waals surface area (Å²) in [6, 6.07) is 7.33. The van der Waals surface area contributed by atoms with E-state index in [0.717, 1.165) is 12.3 Å². The number of carbonyl (C=O) groups is 1. The summed E-state index contributed by atoms with van der Waals surface area (Å²) in [6.45, 7) is 2.75. The van der Waals surface area contributed by atoms with Crippen molar-refractivity contribution in [2.45, 2.75) is 51.5 Å². The smallest absolute Gasteiger partial charge is 0.232 e. The Balaban J connectivity index is 1.52. The Hall–Kier alpha value is -1.76. The molecule has 2 aliphatic carbocycles. The molecule has 0 spiro atoms. The minimum absolute atomic E-state index is 0.0349. The lowest BCUT2D eigenvalue weighted by Crippen LogP contribution is -2.39. The fraction of sp³-hybridized carbons (Fsp3) is 0.650. The van der Waals surface area contributed by atoms with Crippen molar-refractivity contribution in [1.29, 1.82) is 0 Å². The number of anilines is 1. The predicted molar refractivity (Wildman–Crippen MR) is 106 cm³/mol. The lowest BCUT2D eigenvalue weighted by molar-refractivity contribution is -0.122. The van der Waals surface area contributed by atoms with Crippen LogP contribution >= 0.6 is 0 Å². The molecule has 1 aromatic carbocycles. The summed E-state index contributed by atoms with van der Waals surface area (Å²) in [4.78, 5) is 12.3. The monoisotopic (exact) mass is 394 g/mol. The Labute approximate surface area is 162 Å². The molecule has 0 radical (unpaired) electrons. The van der Waals surface area contributed by atoms with Crippen molar-refractivity contribution in [1.82, 2.24) is 5.32 Å². The van der Waals surface area contributed by atoms with Crippen LogP contribution in [0.3, 0.4) is 0 Å². The fourth-order valence-corrected chi connectivity index (χ4v) is 5.41. The molecule has 6 nitrogen and oxygen atoms in total. The Morgan fingerprint density at radius 2 is 1.96 bits per heavy atom. The average molecular weight is 395 g/mol. The lowest BCUT2D eigenvalue weighted by Gasteiger charge is -2.24. The van der Waals surface area contributed by atoms with Crippen LogP contribution in [0.4, 0.5) is 5.69 Å².